The number of carbonyl (C=O) groups excluding carboxylic acids is 1. The minimum atomic E-state index is -0.787. The summed E-state index contributed by atoms with van der Waals surface area (Å²) in [7, 11) is 1.79. The van der Waals surface area contributed by atoms with E-state index in [1.807, 2.05) is 6.92 Å². The Morgan fingerprint density at radius 2 is 2.07 bits per heavy atom. The first kappa shape index (κ1) is 18.7. The van der Waals surface area contributed by atoms with Gasteiger partial charge < -0.3 is 9.26 Å². The minimum absolute atomic E-state index is 0.112. The lowest BCUT2D eigenvalue weighted by molar-refractivity contribution is 0.0265. The molecule has 1 unspecified atom stereocenters. The number of nitrogens with zero attached hydrogens (tertiary/aromatic N) is 5. The van der Waals surface area contributed by atoms with Gasteiger partial charge in [0.1, 0.15) is 5.82 Å². The number of pyridine rings is 1. The number of hydrogen-bond donors (Lipinski definition) is 0. The molecule has 0 saturated heterocycles. The van der Waals surface area contributed by atoms with Crippen molar-refractivity contribution in [1.29, 1.82) is 0 Å². The Labute approximate surface area is 165 Å². The Morgan fingerprint density at radius 3 is 2.83 bits per heavy atom. The minimum Gasteiger partial charge on any atom is -0.449 e. The lowest BCUT2D eigenvalue weighted by atomic mass is 10.1. The predicted octanol–water partition coefficient (Wildman–Crippen LogP) is 3.69. The summed E-state index contributed by atoms with van der Waals surface area (Å²) in [6, 6.07) is 6.35. The lowest BCUT2D eigenvalue weighted by Crippen LogP contribution is -2.10. The summed E-state index contributed by atoms with van der Waals surface area (Å²) in [5.41, 5.74) is 2.74. The van der Waals surface area contributed by atoms with Gasteiger partial charge in [-0.3, -0.25) is 4.68 Å². The van der Waals surface area contributed by atoms with E-state index in [9.17, 15) is 9.18 Å². The molecular formula is C20H18FN5O3. The molecule has 1 aromatic carbocycles. The second-order valence-electron chi connectivity index (χ2n) is 6.77. The highest BCUT2D eigenvalue weighted by Crippen LogP contribution is 2.24. The number of halogens is 1. The molecule has 0 aliphatic heterocycles. The van der Waals surface area contributed by atoms with Crippen LogP contribution in [0.15, 0.2) is 35.0 Å². The molecule has 0 radical (unpaired) electrons. The van der Waals surface area contributed by atoms with Crippen molar-refractivity contribution >= 4 is 17.0 Å². The maximum Gasteiger partial charge on any atom is 0.340 e. The molecule has 4 rings (SSSR count). The number of benzene rings is 1. The van der Waals surface area contributed by atoms with Gasteiger partial charge in [-0.05, 0) is 38.5 Å². The molecule has 0 aliphatic carbocycles. The number of aryl methyl sites for hydroxylation is 3. The summed E-state index contributed by atoms with van der Waals surface area (Å²) in [6.45, 7) is 5.13. The molecule has 0 saturated carbocycles. The maximum atomic E-state index is 13.8. The molecule has 3 aromatic heterocycles. The molecule has 3 heterocycles. The van der Waals surface area contributed by atoms with Crippen LogP contribution in [0.5, 0.6) is 0 Å². The number of carbonyl (C=O) groups is 1. The molecular weight excluding hydrogens is 377 g/mol. The number of fused-ring (bicyclic) bond motifs is 1. The molecule has 148 valence electrons. The molecule has 0 spiro atoms. The third-order valence-corrected chi connectivity index (χ3v) is 4.60. The van der Waals surface area contributed by atoms with Crippen LogP contribution in [0.3, 0.4) is 0 Å². The van der Waals surface area contributed by atoms with E-state index in [4.69, 9.17) is 9.26 Å². The fourth-order valence-corrected chi connectivity index (χ4v) is 2.95. The van der Waals surface area contributed by atoms with Crippen LogP contribution in [-0.4, -0.2) is 30.9 Å². The third-order valence-electron chi connectivity index (χ3n) is 4.60. The Bertz CT molecular complexity index is 1230. The summed E-state index contributed by atoms with van der Waals surface area (Å²) >= 11 is 0. The topological polar surface area (TPSA) is 95.9 Å². The van der Waals surface area contributed by atoms with Crippen molar-refractivity contribution in [3.8, 4) is 11.4 Å². The van der Waals surface area contributed by atoms with Crippen molar-refractivity contribution in [2.45, 2.75) is 26.9 Å². The van der Waals surface area contributed by atoms with Crippen molar-refractivity contribution in [2.24, 2.45) is 7.05 Å². The van der Waals surface area contributed by atoms with E-state index < -0.39 is 12.1 Å². The van der Waals surface area contributed by atoms with Crippen LogP contribution >= 0.6 is 0 Å². The van der Waals surface area contributed by atoms with Crippen LogP contribution in [0.2, 0.25) is 0 Å². The molecule has 8 nitrogen and oxygen atoms in total. The Balaban J connectivity index is 1.52. The van der Waals surface area contributed by atoms with Gasteiger partial charge >= 0.3 is 5.97 Å². The van der Waals surface area contributed by atoms with Gasteiger partial charge in [0.2, 0.25) is 5.82 Å². The summed E-state index contributed by atoms with van der Waals surface area (Å²) in [5.74, 6) is -0.602. The first-order chi connectivity index (χ1) is 13.8. The van der Waals surface area contributed by atoms with Gasteiger partial charge in [0.25, 0.3) is 5.89 Å². The molecule has 9 heteroatoms. The monoisotopic (exact) mass is 395 g/mol. The van der Waals surface area contributed by atoms with Crippen molar-refractivity contribution < 1.29 is 18.4 Å². The van der Waals surface area contributed by atoms with Crippen LogP contribution in [0.4, 0.5) is 4.39 Å². The number of hydrogen-bond acceptors (Lipinski definition) is 7. The fraction of sp³-hybridized carbons (Fsp3) is 0.250. The highest BCUT2D eigenvalue weighted by atomic mass is 19.1. The molecule has 1 atom stereocenters. The molecule has 0 aliphatic rings. The summed E-state index contributed by atoms with van der Waals surface area (Å²) in [5, 5.41) is 8.90. The van der Waals surface area contributed by atoms with Crippen LogP contribution in [0, 0.1) is 19.7 Å². The zero-order chi connectivity index (χ0) is 20.7. The van der Waals surface area contributed by atoms with E-state index in [1.165, 1.54) is 12.3 Å². The van der Waals surface area contributed by atoms with E-state index in [0.29, 0.717) is 22.3 Å². The van der Waals surface area contributed by atoms with Crippen LogP contribution in [-0.2, 0) is 11.8 Å². The highest BCUT2D eigenvalue weighted by Gasteiger charge is 2.21. The van der Waals surface area contributed by atoms with Gasteiger partial charge in [0.15, 0.2) is 11.8 Å². The smallest absolute Gasteiger partial charge is 0.340 e. The van der Waals surface area contributed by atoms with Crippen LogP contribution in [0.1, 0.15) is 40.5 Å². The van der Waals surface area contributed by atoms with E-state index >= 15 is 0 Å². The number of aromatic nitrogens is 5. The van der Waals surface area contributed by atoms with Crippen LogP contribution in [0.25, 0.3) is 22.4 Å². The van der Waals surface area contributed by atoms with Gasteiger partial charge in [0, 0.05) is 24.2 Å². The maximum absolute atomic E-state index is 13.8. The largest absolute Gasteiger partial charge is 0.449 e. The zero-order valence-electron chi connectivity index (χ0n) is 16.3. The summed E-state index contributed by atoms with van der Waals surface area (Å²) < 4.78 is 26.0. The second-order valence-corrected chi connectivity index (χ2v) is 6.77. The third kappa shape index (κ3) is 3.46. The Hall–Kier alpha value is -3.62. The molecule has 0 amide bonds. The Morgan fingerprint density at radius 1 is 1.28 bits per heavy atom. The van der Waals surface area contributed by atoms with Gasteiger partial charge in [0.05, 0.1) is 11.3 Å². The molecule has 0 fully saturated rings. The lowest BCUT2D eigenvalue weighted by Gasteiger charge is -2.09. The number of rotatable bonds is 4. The zero-order valence-corrected chi connectivity index (χ0v) is 16.3. The van der Waals surface area contributed by atoms with Gasteiger partial charge in [-0.1, -0.05) is 17.3 Å². The highest BCUT2D eigenvalue weighted by molar-refractivity contribution is 5.93. The first-order valence-corrected chi connectivity index (χ1v) is 8.94. The molecule has 29 heavy (non-hydrogen) atoms. The quantitative estimate of drug-likeness (QED) is 0.486. The van der Waals surface area contributed by atoms with Crippen LogP contribution < -0.4 is 0 Å². The fourth-order valence-electron chi connectivity index (χ4n) is 2.95. The van der Waals surface area contributed by atoms with E-state index in [-0.39, 0.29) is 17.5 Å². The molecule has 4 aromatic rings. The van der Waals surface area contributed by atoms with Crippen molar-refractivity contribution in [2.75, 3.05) is 0 Å². The van der Waals surface area contributed by atoms with Crippen molar-refractivity contribution in [3.63, 3.8) is 0 Å². The van der Waals surface area contributed by atoms with Gasteiger partial charge in [-0.25, -0.2) is 14.2 Å². The molecule has 0 N–H and O–H groups in total. The molecule has 0 bridgehead atoms. The Kier molecular flexibility index (Phi) is 4.57. The average molecular weight is 395 g/mol. The SMILES string of the molecule is Cc1ccc(-c2noc(C(C)OC(=O)c3cnc4c(c3)c(C)nn4C)n2)cc1F. The van der Waals surface area contributed by atoms with Gasteiger partial charge in [-0.15, -0.1) is 0 Å². The first-order valence-electron chi connectivity index (χ1n) is 8.94. The normalized spacial score (nSPS) is 12.3. The average Bonchev–Trinajstić information content (AvgIpc) is 3.29. The second kappa shape index (κ2) is 7.08. The van der Waals surface area contributed by atoms with E-state index in [0.717, 1.165) is 11.1 Å². The van der Waals surface area contributed by atoms with Crippen molar-refractivity contribution in [3.05, 3.63) is 59.0 Å². The van der Waals surface area contributed by atoms with E-state index in [1.54, 1.807) is 43.8 Å². The summed E-state index contributed by atoms with van der Waals surface area (Å²) in [4.78, 5) is 21.0. The predicted molar refractivity (Wildman–Crippen MR) is 102 cm³/mol. The number of ether oxygens (including phenoxy) is 1. The summed E-state index contributed by atoms with van der Waals surface area (Å²) in [6.07, 6.45) is 0.650. The van der Waals surface area contributed by atoms with E-state index in [2.05, 4.69) is 20.2 Å². The van der Waals surface area contributed by atoms with Crippen molar-refractivity contribution in [1.82, 2.24) is 24.9 Å². The number of esters is 1. The standard InChI is InChI=1S/C20H18FN5O3/c1-10-5-6-13(8-16(10)21)17-23-19(29-25-17)12(3)28-20(27)14-7-15-11(2)24-26(4)18(15)22-9-14/h5-9,12H,1-4H3. The van der Waals surface area contributed by atoms with Gasteiger partial charge in [-0.2, -0.15) is 10.1 Å².